The fraction of sp³-hybridized carbons (Fsp3) is 0.489. The van der Waals surface area contributed by atoms with Crippen LogP contribution in [0.2, 0.25) is 0 Å². The van der Waals surface area contributed by atoms with Crippen LogP contribution in [-0.2, 0) is 10.8 Å². The zero-order valence-corrected chi connectivity index (χ0v) is 62.4. The number of aryl methyl sites for hydroxylation is 4. The van der Waals surface area contributed by atoms with Crippen molar-refractivity contribution in [3.63, 3.8) is 0 Å². The normalized spacial score (nSPS) is 13.7. The number of nitrogens with zero attached hydrogens (tertiary/aromatic N) is 2. The van der Waals surface area contributed by atoms with E-state index in [4.69, 9.17) is 0 Å². The topological polar surface area (TPSA) is 6.48 Å². The quantitative estimate of drug-likeness (QED) is 0.0356. The second kappa shape index (κ2) is 36.8. The van der Waals surface area contributed by atoms with E-state index >= 15 is 0 Å². The Balaban J connectivity index is 0.000000291. The van der Waals surface area contributed by atoms with E-state index in [0.29, 0.717) is 11.8 Å². The summed E-state index contributed by atoms with van der Waals surface area (Å²) >= 11 is 0. The van der Waals surface area contributed by atoms with Crippen molar-refractivity contribution in [3.05, 3.63) is 225 Å². The molecule has 2 nitrogen and oxygen atoms in total. The lowest BCUT2D eigenvalue weighted by molar-refractivity contribution is 0.397. The number of anilines is 6. The van der Waals surface area contributed by atoms with Crippen molar-refractivity contribution in [2.75, 3.05) is 9.80 Å². The summed E-state index contributed by atoms with van der Waals surface area (Å²) in [5.74, 6) is 1.08. The van der Waals surface area contributed by atoms with E-state index in [1.54, 1.807) is 11.1 Å². The predicted molar refractivity (Wildman–Crippen MR) is 423 cm³/mol. The van der Waals surface area contributed by atoms with E-state index in [2.05, 4.69) is 263 Å². The van der Waals surface area contributed by atoms with Crippen molar-refractivity contribution in [1.82, 2.24) is 0 Å². The Morgan fingerprint density at radius 2 is 0.479 bits per heavy atom. The molecule has 0 heterocycles. The van der Waals surface area contributed by atoms with Gasteiger partial charge in [0.05, 0.1) is 0 Å². The van der Waals surface area contributed by atoms with Crippen molar-refractivity contribution in [3.8, 4) is 22.3 Å². The zero-order valence-electron chi connectivity index (χ0n) is 62.4. The summed E-state index contributed by atoms with van der Waals surface area (Å²) in [6.45, 7) is 27.5. The molecule has 0 aromatic heterocycles. The van der Waals surface area contributed by atoms with Crippen LogP contribution in [0.3, 0.4) is 0 Å². The van der Waals surface area contributed by atoms with Crippen LogP contribution in [0, 0.1) is 27.7 Å². The largest absolute Gasteiger partial charge is 0.310 e. The lowest BCUT2D eigenvalue weighted by atomic mass is 9.70. The summed E-state index contributed by atoms with van der Waals surface area (Å²) in [7, 11) is 0. The second-order valence-electron chi connectivity index (χ2n) is 29.9. The smallest absolute Gasteiger partial charge is 0.0465 e. The van der Waals surface area contributed by atoms with Gasteiger partial charge in [-0.05, 0) is 206 Å². The van der Waals surface area contributed by atoms with Crippen molar-refractivity contribution in [1.29, 1.82) is 0 Å². The molecule has 0 bridgehead atoms. The van der Waals surface area contributed by atoms with Crippen LogP contribution in [0.4, 0.5) is 34.1 Å². The molecule has 0 fully saturated rings. The van der Waals surface area contributed by atoms with Crippen molar-refractivity contribution < 1.29 is 0 Å². The second-order valence-corrected chi connectivity index (χ2v) is 29.9. The van der Waals surface area contributed by atoms with Gasteiger partial charge in [0.2, 0.25) is 0 Å². The monoisotopic (exact) mass is 1280 g/mol. The fourth-order valence-corrected chi connectivity index (χ4v) is 16.3. The maximum atomic E-state index is 2.62. The van der Waals surface area contributed by atoms with Crippen molar-refractivity contribution in [2.24, 2.45) is 0 Å². The third-order valence-corrected chi connectivity index (χ3v) is 22.6. The minimum absolute atomic E-state index is 0.0923. The predicted octanol–water partition coefficient (Wildman–Crippen LogP) is 30.1. The van der Waals surface area contributed by atoms with Gasteiger partial charge in [-0.3, -0.25) is 0 Å². The first-order chi connectivity index (χ1) is 46.8. The summed E-state index contributed by atoms with van der Waals surface area (Å²) in [5, 5.41) is 0. The van der Waals surface area contributed by atoms with Crippen LogP contribution in [0.15, 0.2) is 170 Å². The first-order valence-electron chi connectivity index (χ1n) is 39.3. The maximum absolute atomic E-state index is 2.62. The highest BCUT2D eigenvalue weighted by molar-refractivity contribution is 5.89. The molecule has 0 saturated heterocycles. The number of benzene rings is 8. The highest BCUT2D eigenvalue weighted by Gasteiger charge is 2.44. The number of unbranched alkanes of at least 4 members (excludes halogenated alkanes) is 20. The van der Waals surface area contributed by atoms with Crippen molar-refractivity contribution >= 4 is 34.1 Å². The zero-order chi connectivity index (χ0) is 67.9. The molecule has 512 valence electrons. The Labute approximate surface area is 586 Å². The van der Waals surface area contributed by atoms with Crippen LogP contribution < -0.4 is 9.80 Å². The van der Waals surface area contributed by atoms with E-state index in [1.807, 2.05) is 0 Å². The standard InChI is InChI=1S/C63H80N2.C31H46/c1-9-13-15-17-19-21-43-63(44-22-20-18-16-14-10-2)61-45-57(64(53-31-23-47(5)24-32-53)55-35-27-51(28-36-55)49(7)11-3)39-41-59(61)60-42-40-58(46-62(60)63)65(54-33-25-48(6)26-34-54)56-37-29-52(30-38-56)50(8)12-4;1-5-7-9-11-13-15-21-31(22-16-14-12-10-8-6-2)29-23-25(3)17-19-27(29)28-20-18-26(4)24-30(28)31/h23-42,45-46,49-50H,9-22,43-44H2,1-8H3;17-20,23-24H,5-16,21-22H2,1-4H3. The fourth-order valence-electron chi connectivity index (χ4n) is 16.3. The van der Waals surface area contributed by atoms with Gasteiger partial charge in [0, 0.05) is 45.0 Å². The lowest BCUT2D eigenvalue weighted by Gasteiger charge is -2.35. The van der Waals surface area contributed by atoms with Gasteiger partial charge in [-0.1, -0.05) is 329 Å². The molecule has 0 radical (unpaired) electrons. The number of rotatable bonds is 38. The molecule has 0 aliphatic heterocycles. The Hall–Kier alpha value is -6.64. The van der Waals surface area contributed by atoms with Gasteiger partial charge in [0.15, 0.2) is 0 Å². The first kappa shape index (κ1) is 73.6. The van der Waals surface area contributed by atoms with Gasteiger partial charge in [-0.25, -0.2) is 0 Å². The molecule has 10 rings (SSSR count). The Bertz CT molecular complexity index is 3360. The van der Waals surface area contributed by atoms with Crippen LogP contribution in [0.1, 0.15) is 315 Å². The molecule has 2 aliphatic carbocycles. The highest BCUT2D eigenvalue weighted by atomic mass is 15.1. The summed E-state index contributed by atoms with van der Waals surface area (Å²) < 4.78 is 0. The molecule has 0 amide bonds. The summed E-state index contributed by atoms with van der Waals surface area (Å²) in [4.78, 5) is 5.02. The third kappa shape index (κ3) is 18.2. The van der Waals surface area contributed by atoms with E-state index in [0.717, 1.165) is 12.8 Å². The summed E-state index contributed by atoms with van der Waals surface area (Å²) in [6, 6.07) is 66.6. The van der Waals surface area contributed by atoms with Gasteiger partial charge in [-0.2, -0.15) is 0 Å². The number of hydrogen-bond donors (Lipinski definition) is 0. The Morgan fingerprint density at radius 1 is 0.250 bits per heavy atom. The average Bonchev–Trinajstić information content (AvgIpc) is 1.57. The minimum Gasteiger partial charge on any atom is -0.310 e. The molecule has 2 unspecified atom stereocenters. The number of fused-ring (bicyclic) bond motifs is 6. The molecule has 0 N–H and O–H groups in total. The van der Waals surface area contributed by atoms with E-state index in [-0.39, 0.29) is 10.8 Å². The molecule has 8 aromatic carbocycles. The summed E-state index contributed by atoms with van der Waals surface area (Å²) in [6.07, 6.45) is 39.5. The third-order valence-electron chi connectivity index (χ3n) is 22.6. The molecule has 96 heavy (non-hydrogen) atoms. The molecular weight excluding hydrogens is 1160 g/mol. The molecule has 2 atom stereocenters. The lowest BCUT2D eigenvalue weighted by Crippen LogP contribution is -2.26. The van der Waals surface area contributed by atoms with Crippen LogP contribution in [0.5, 0.6) is 0 Å². The minimum atomic E-state index is -0.0923. The molecule has 2 aliphatic rings. The molecule has 8 aromatic rings. The molecule has 0 spiro atoms. The summed E-state index contributed by atoms with van der Waals surface area (Å²) in [5.41, 5.74) is 27.9. The molecular formula is C94H126N2. The van der Waals surface area contributed by atoms with E-state index in [1.165, 1.54) is 281 Å². The van der Waals surface area contributed by atoms with Crippen LogP contribution >= 0.6 is 0 Å². The van der Waals surface area contributed by atoms with Crippen molar-refractivity contribution in [2.45, 2.75) is 298 Å². The SMILES string of the molecule is CCCCCCCCC1(CCCCCCCC)c2cc(C)ccc2-c2ccc(C)cc21.CCCCCCCCC1(CCCCCCCC)c2cc(N(c3ccc(C)cc3)c3ccc(C(C)CC)cc3)ccc2-c2ccc(N(c3ccc(C)cc3)c3ccc(C(C)CC)cc3)cc21. The highest BCUT2D eigenvalue weighted by Crippen LogP contribution is 2.58. The van der Waals surface area contributed by atoms with Gasteiger partial charge >= 0.3 is 0 Å². The van der Waals surface area contributed by atoms with Gasteiger partial charge in [0.25, 0.3) is 0 Å². The number of hydrogen-bond acceptors (Lipinski definition) is 2. The molecule has 2 heteroatoms. The maximum Gasteiger partial charge on any atom is 0.0465 e. The van der Waals surface area contributed by atoms with E-state index in [9.17, 15) is 0 Å². The molecule has 0 saturated carbocycles. The van der Waals surface area contributed by atoms with Gasteiger partial charge < -0.3 is 9.80 Å². The Kier molecular flexibility index (Phi) is 28.2. The first-order valence-corrected chi connectivity index (χ1v) is 39.3. The van der Waals surface area contributed by atoms with E-state index < -0.39 is 0 Å². The average molecular weight is 1280 g/mol. The van der Waals surface area contributed by atoms with Crippen LogP contribution in [0.25, 0.3) is 22.3 Å². The van der Waals surface area contributed by atoms with Gasteiger partial charge in [-0.15, -0.1) is 0 Å². The van der Waals surface area contributed by atoms with Crippen LogP contribution in [-0.4, -0.2) is 0 Å². The Morgan fingerprint density at radius 3 is 0.760 bits per heavy atom. The van der Waals surface area contributed by atoms with Gasteiger partial charge in [0.1, 0.15) is 0 Å².